The molecule has 4 N–H and O–H groups in total. The molecule has 2 amide bonds. The first-order valence-corrected chi connectivity index (χ1v) is 14.9. The Kier molecular flexibility index (Phi) is 11.2. The van der Waals surface area contributed by atoms with Crippen molar-refractivity contribution in [2.24, 2.45) is 0 Å². The summed E-state index contributed by atoms with van der Waals surface area (Å²) >= 11 is 0. The van der Waals surface area contributed by atoms with Crippen LogP contribution in [-0.4, -0.2) is 64.7 Å². The summed E-state index contributed by atoms with van der Waals surface area (Å²) in [6.45, 7) is 6.74. The highest BCUT2D eigenvalue weighted by molar-refractivity contribution is 7.89. The van der Waals surface area contributed by atoms with Crippen molar-refractivity contribution in [1.82, 2.24) is 20.7 Å². The number of benzene rings is 3. The van der Waals surface area contributed by atoms with E-state index in [2.05, 4.69) is 20.7 Å². The smallest absolute Gasteiger partial charge is 0.242 e. The number of fused-ring (bicyclic) bond motifs is 1. The minimum atomic E-state index is -3.96. The molecule has 3 aromatic carbocycles. The van der Waals surface area contributed by atoms with Gasteiger partial charge in [-0.05, 0) is 62.2 Å². The van der Waals surface area contributed by atoms with Gasteiger partial charge in [0.05, 0.1) is 11.0 Å². The van der Waals surface area contributed by atoms with Gasteiger partial charge in [0.25, 0.3) is 0 Å². The summed E-state index contributed by atoms with van der Waals surface area (Å²) in [5, 5.41) is 11.1. The van der Waals surface area contributed by atoms with Gasteiger partial charge in [-0.1, -0.05) is 60.7 Å². The molecule has 216 valence electrons. The quantitative estimate of drug-likeness (QED) is 0.209. The summed E-state index contributed by atoms with van der Waals surface area (Å²) in [4.78, 5) is 26.7. The number of nitrogens with one attached hydrogen (secondary N) is 4. The first kappa shape index (κ1) is 31.2. The highest BCUT2D eigenvalue weighted by Crippen LogP contribution is 2.18. The first-order valence-electron chi connectivity index (χ1n) is 13.4. The Bertz CT molecular complexity index is 1380. The maximum atomic E-state index is 13.4. The monoisotopic (exact) mass is 568 g/mol. The number of hydrogen-bond donors (Lipinski definition) is 4. The van der Waals surface area contributed by atoms with Gasteiger partial charge in [-0.15, -0.1) is 0 Å². The van der Waals surface area contributed by atoms with E-state index in [1.54, 1.807) is 25.3 Å². The molecule has 2 atom stereocenters. The molecular weight excluding hydrogens is 528 g/mol. The Hall–Kier alpha value is -3.31. The van der Waals surface area contributed by atoms with Crippen LogP contribution in [0.3, 0.4) is 0 Å². The van der Waals surface area contributed by atoms with Crippen molar-refractivity contribution in [1.29, 1.82) is 0 Å². The van der Waals surface area contributed by atoms with Gasteiger partial charge in [0.15, 0.2) is 0 Å². The molecule has 0 aromatic heterocycles. The molecule has 0 heterocycles. The Morgan fingerprint density at radius 1 is 0.925 bits per heavy atom. The van der Waals surface area contributed by atoms with Gasteiger partial charge in [-0.3, -0.25) is 9.59 Å². The summed E-state index contributed by atoms with van der Waals surface area (Å²) < 4.78 is 33.5. The molecule has 0 saturated carbocycles. The summed E-state index contributed by atoms with van der Waals surface area (Å²) in [5.74, 6) is -0.948. The van der Waals surface area contributed by atoms with Gasteiger partial charge in [0, 0.05) is 26.6 Å². The molecule has 40 heavy (non-hydrogen) atoms. The van der Waals surface area contributed by atoms with E-state index < -0.39 is 27.5 Å². The third kappa shape index (κ3) is 9.12. The molecule has 0 aliphatic carbocycles. The molecule has 0 aliphatic rings. The predicted molar refractivity (Wildman–Crippen MR) is 157 cm³/mol. The van der Waals surface area contributed by atoms with Crippen molar-refractivity contribution in [3.63, 3.8) is 0 Å². The van der Waals surface area contributed by atoms with Crippen LogP contribution in [0.1, 0.15) is 32.8 Å². The third-order valence-corrected chi connectivity index (χ3v) is 8.22. The van der Waals surface area contributed by atoms with Crippen molar-refractivity contribution >= 4 is 32.6 Å². The van der Waals surface area contributed by atoms with E-state index in [4.69, 9.17) is 4.74 Å². The summed E-state index contributed by atoms with van der Waals surface area (Å²) in [5.41, 5.74) is -0.643. The fourth-order valence-corrected chi connectivity index (χ4v) is 5.52. The number of sulfonamides is 1. The molecule has 0 aliphatic heterocycles. The number of rotatable bonds is 15. The van der Waals surface area contributed by atoms with Crippen LogP contribution in [0.5, 0.6) is 0 Å². The van der Waals surface area contributed by atoms with Crippen molar-refractivity contribution in [3.05, 3.63) is 78.4 Å². The largest absolute Gasteiger partial charge is 0.380 e. The topological polar surface area (TPSA) is 126 Å². The lowest BCUT2D eigenvalue weighted by Crippen LogP contribution is -2.59. The molecule has 3 aromatic rings. The highest BCUT2D eigenvalue weighted by Gasteiger charge is 2.35. The molecule has 0 spiro atoms. The van der Waals surface area contributed by atoms with Crippen molar-refractivity contribution in [2.75, 3.05) is 26.7 Å². The second kappa shape index (κ2) is 14.4. The van der Waals surface area contributed by atoms with Gasteiger partial charge < -0.3 is 20.7 Å². The van der Waals surface area contributed by atoms with Gasteiger partial charge in [-0.2, -0.15) is 4.72 Å². The SMILES string of the molecule is COC(C)CNCCCNC(=O)[C@@H](Cc1ccc2ccccc2c1)NC(=O)C(C)(C)NS(=O)(=O)c1ccccc1. The molecule has 0 saturated heterocycles. The number of ether oxygens (including phenoxy) is 1. The molecule has 1 unspecified atom stereocenters. The van der Waals surface area contributed by atoms with Crippen LogP contribution < -0.4 is 20.7 Å². The molecule has 0 fully saturated rings. The van der Waals surface area contributed by atoms with E-state index in [1.165, 1.54) is 26.0 Å². The number of hydrogen-bond acceptors (Lipinski definition) is 6. The number of methoxy groups -OCH3 is 1. The maximum Gasteiger partial charge on any atom is 0.242 e. The van der Waals surface area contributed by atoms with E-state index in [0.29, 0.717) is 26.1 Å². The zero-order chi connectivity index (χ0) is 29.2. The van der Waals surface area contributed by atoms with Crippen LogP contribution in [0, 0.1) is 0 Å². The van der Waals surface area contributed by atoms with Crippen molar-refractivity contribution in [3.8, 4) is 0 Å². The zero-order valence-corrected chi connectivity index (χ0v) is 24.4. The number of carbonyl (C=O) groups excluding carboxylic acids is 2. The molecule has 3 rings (SSSR count). The fourth-order valence-electron chi connectivity index (χ4n) is 4.13. The lowest BCUT2D eigenvalue weighted by Gasteiger charge is -2.28. The van der Waals surface area contributed by atoms with Crippen LogP contribution in [-0.2, 0) is 30.8 Å². The molecule has 0 bridgehead atoms. The third-order valence-electron chi connectivity index (χ3n) is 6.55. The maximum absolute atomic E-state index is 13.4. The summed E-state index contributed by atoms with van der Waals surface area (Å²) in [7, 11) is -2.30. The van der Waals surface area contributed by atoms with Crippen LogP contribution in [0.15, 0.2) is 77.7 Å². The average Bonchev–Trinajstić information content (AvgIpc) is 2.94. The second-order valence-corrected chi connectivity index (χ2v) is 12.0. The molecule has 9 nitrogen and oxygen atoms in total. The van der Waals surface area contributed by atoms with Crippen LogP contribution >= 0.6 is 0 Å². The highest BCUT2D eigenvalue weighted by atomic mass is 32.2. The van der Waals surface area contributed by atoms with E-state index in [1.807, 2.05) is 49.4 Å². The Labute approximate surface area is 237 Å². The standard InChI is InChI=1S/C30H40N4O5S/c1-22(39-4)21-31-17-10-18-32-28(35)27(20-23-15-16-24-11-8-9-12-25(24)19-23)33-29(36)30(2,3)34-40(37,38)26-13-6-5-7-14-26/h5-9,11-16,19,22,27,31,34H,10,17-18,20-21H2,1-4H3,(H,32,35)(H,33,36)/t22?,27-/m1/s1. The second-order valence-electron chi connectivity index (χ2n) is 10.4. The minimum Gasteiger partial charge on any atom is -0.380 e. The molecule has 0 radical (unpaired) electrons. The van der Waals surface area contributed by atoms with Gasteiger partial charge >= 0.3 is 0 Å². The zero-order valence-electron chi connectivity index (χ0n) is 23.6. The number of carbonyl (C=O) groups is 2. The van der Waals surface area contributed by atoms with E-state index >= 15 is 0 Å². The van der Waals surface area contributed by atoms with Gasteiger partial charge in [0.1, 0.15) is 11.6 Å². The predicted octanol–water partition coefficient (Wildman–Crippen LogP) is 2.76. The van der Waals surface area contributed by atoms with Crippen molar-refractivity contribution in [2.45, 2.75) is 56.2 Å². The average molecular weight is 569 g/mol. The summed E-state index contributed by atoms with van der Waals surface area (Å²) in [6, 6.07) is 20.7. The minimum absolute atomic E-state index is 0.0508. The Balaban J connectivity index is 1.71. The summed E-state index contributed by atoms with van der Waals surface area (Å²) in [6.07, 6.45) is 1.04. The first-order chi connectivity index (χ1) is 19.0. The van der Waals surface area contributed by atoms with E-state index in [-0.39, 0.29) is 23.3 Å². The lowest BCUT2D eigenvalue weighted by molar-refractivity contribution is -0.131. The molecule has 10 heteroatoms. The van der Waals surface area contributed by atoms with Crippen LogP contribution in [0.2, 0.25) is 0 Å². The van der Waals surface area contributed by atoms with Gasteiger partial charge in [0.2, 0.25) is 21.8 Å². The van der Waals surface area contributed by atoms with Crippen molar-refractivity contribution < 1.29 is 22.7 Å². The van der Waals surface area contributed by atoms with Gasteiger partial charge in [-0.25, -0.2) is 8.42 Å². The Morgan fingerprint density at radius 2 is 1.60 bits per heavy atom. The fraction of sp³-hybridized carbons (Fsp3) is 0.400. The van der Waals surface area contributed by atoms with Crippen LogP contribution in [0.25, 0.3) is 10.8 Å². The van der Waals surface area contributed by atoms with E-state index in [9.17, 15) is 18.0 Å². The van der Waals surface area contributed by atoms with E-state index in [0.717, 1.165) is 16.3 Å². The molecular formula is C30H40N4O5S. The number of amides is 2. The normalized spacial score (nSPS) is 13.5. The Morgan fingerprint density at radius 3 is 2.30 bits per heavy atom. The lowest BCUT2D eigenvalue weighted by atomic mass is 9.99. The van der Waals surface area contributed by atoms with Crippen LogP contribution in [0.4, 0.5) is 0 Å².